The molecular weight excluding hydrogens is 246 g/mol. The van der Waals surface area contributed by atoms with Crippen LogP contribution in [-0.2, 0) is 6.42 Å². The Hall–Kier alpha value is -0.860. The molecule has 3 aliphatic rings. The molecule has 1 aromatic rings. The standard InChI is InChI=1S/C18H25NO/c20-18-16-8-4-3-6-14(16)11-17(18)19-10-9-13-5-1-2-7-15(13)12-19/h3-4,6,8,13,15,17-18,20H,1-2,5,7,9-12H2. The van der Waals surface area contributed by atoms with Gasteiger partial charge in [-0.15, -0.1) is 0 Å². The van der Waals surface area contributed by atoms with Crippen LogP contribution in [-0.4, -0.2) is 29.1 Å². The molecule has 1 saturated heterocycles. The molecule has 0 amide bonds. The summed E-state index contributed by atoms with van der Waals surface area (Å²) in [5.41, 5.74) is 2.53. The van der Waals surface area contributed by atoms with Crippen LogP contribution >= 0.6 is 0 Å². The van der Waals surface area contributed by atoms with Crippen LogP contribution in [0.15, 0.2) is 24.3 Å². The highest BCUT2D eigenvalue weighted by Gasteiger charge is 2.39. The highest BCUT2D eigenvalue weighted by Crippen LogP contribution is 2.40. The number of benzene rings is 1. The first-order valence-electron chi connectivity index (χ1n) is 8.33. The summed E-state index contributed by atoms with van der Waals surface area (Å²) < 4.78 is 0. The van der Waals surface area contributed by atoms with E-state index in [1.54, 1.807) is 0 Å². The van der Waals surface area contributed by atoms with Gasteiger partial charge in [0.05, 0.1) is 6.10 Å². The van der Waals surface area contributed by atoms with E-state index in [0.717, 1.165) is 18.3 Å². The summed E-state index contributed by atoms with van der Waals surface area (Å²) in [5, 5.41) is 10.6. The lowest BCUT2D eigenvalue weighted by Gasteiger charge is -2.44. The molecular formula is C18H25NO. The zero-order chi connectivity index (χ0) is 13.5. The van der Waals surface area contributed by atoms with Crippen molar-refractivity contribution in [2.45, 2.75) is 50.7 Å². The molecule has 1 N–H and O–H groups in total. The Balaban J connectivity index is 1.49. The van der Waals surface area contributed by atoms with Gasteiger partial charge in [0.1, 0.15) is 0 Å². The van der Waals surface area contributed by atoms with E-state index in [9.17, 15) is 5.11 Å². The summed E-state index contributed by atoms with van der Waals surface area (Å²) in [6.07, 6.45) is 7.84. The van der Waals surface area contributed by atoms with E-state index in [4.69, 9.17) is 0 Å². The van der Waals surface area contributed by atoms with Crippen LogP contribution in [0, 0.1) is 11.8 Å². The summed E-state index contributed by atoms with van der Waals surface area (Å²) >= 11 is 0. The molecule has 2 heteroatoms. The fourth-order valence-corrected chi connectivity index (χ4v) is 4.81. The maximum atomic E-state index is 10.6. The molecule has 1 aliphatic heterocycles. The van der Waals surface area contributed by atoms with E-state index in [0.29, 0.717) is 6.04 Å². The first-order valence-corrected chi connectivity index (χ1v) is 8.33. The third-order valence-electron chi connectivity index (χ3n) is 5.96. The molecule has 4 rings (SSSR count). The molecule has 0 aromatic heterocycles. The molecule has 2 nitrogen and oxygen atoms in total. The van der Waals surface area contributed by atoms with E-state index in [1.165, 1.54) is 56.3 Å². The predicted octanol–water partition coefficient (Wildman–Crippen LogP) is 3.16. The Morgan fingerprint density at radius 2 is 1.80 bits per heavy atom. The quantitative estimate of drug-likeness (QED) is 0.848. The molecule has 1 saturated carbocycles. The van der Waals surface area contributed by atoms with Crippen molar-refractivity contribution in [3.8, 4) is 0 Å². The van der Waals surface area contributed by atoms with Gasteiger partial charge in [-0.2, -0.15) is 0 Å². The van der Waals surface area contributed by atoms with Crippen molar-refractivity contribution in [2.75, 3.05) is 13.1 Å². The van der Waals surface area contributed by atoms with Gasteiger partial charge in [0, 0.05) is 12.6 Å². The van der Waals surface area contributed by atoms with E-state index in [1.807, 2.05) is 0 Å². The Labute approximate surface area is 121 Å². The van der Waals surface area contributed by atoms with Gasteiger partial charge in [0.2, 0.25) is 0 Å². The second-order valence-corrected chi connectivity index (χ2v) is 7.00. The number of hydrogen-bond donors (Lipinski definition) is 1. The van der Waals surface area contributed by atoms with Gasteiger partial charge in [-0.05, 0) is 48.8 Å². The number of likely N-dealkylation sites (tertiary alicyclic amines) is 1. The Morgan fingerprint density at radius 3 is 2.65 bits per heavy atom. The number of aliphatic hydroxyl groups excluding tert-OH is 1. The van der Waals surface area contributed by atoms with Gasteiger partial charge < -0.3 is 5.11 Å². The predicted molar refractivity (Wildman–Crippen MR) is 80.5 cm³/mol. The van der Waals surface area contributed by atoms with Crippen molar-refractivity contribution < 1.29 is 5.11 Å². The normalized spacial score (nSPS) is 37.5. The van der Waals surface area contributed by atoms with Crippen LogP contribution < -0.4 is 0 Å². The molecule has 4 atom stereocenters. The summed E-state index contributed by atoms with van der Waals surface area (Å²) in [4.78, 5) is 2.59. The van der Waals surface area contributed by atoms with Crippen molar-refractivity contribution in [3.05, 3.63) is 35.4 Å². The molecule has 0 bridgehead atoms. The van der Waals surface area contributed by atoms with Crippen LogP contribution in [0.3, 0.4) is 0 Å². The second-order valence-electron chi connectivity index (χ2n) is 7.00. The average Bonchev–Trinajstić information content (AvgIpc) is 2.84. The number of rotatable bonds is 1. The number of hydrogen-bond acceptors (Lipinski definition) is 2. The minimum atomic E-state index is -0.272. The van der Waals surface area contributed by atoms with Crippen molar-refractivity contribution in [2.24, 2.45) is 11.8 Å². The van der Waals surface area contributed by atoms with Gasteiger partial charge in [-0.3, -0.25) is 4.90 Å². The van der Waals surface area contributed by atoms with Crippen LogP contribution in [0.1, 0.15) is 49.3 Å². The van der Waals surface area contributed by atoms with Crippen molar-refractivity contribution in [3.63, 3.8) is 0 Å². The molecule has 4 unspecified atom stereocenters. The van der Waals surface area contributed by atoms with E-state index >= 15 is 0 Å². The van der Waals surface area contributed by atoms with Crippen molar-refractivity contribution in [1.29, 1.82) is 0 Å². The van der Waals surface area contributed by atoms with Gasteiger partial charge in [0.15, 0.2) is 0 Å². The van der Waals surface area contributed by atoms with Gasteiger partial charge in [0.25, 0.3) is 0 Å². The van der Waals surface area contributed by atoms with Crippen molar-refractivity contribution >= 4 is 0 Å². The first-order chi connectivity index (χ1) is 9.83. The molecule has 0 spiro atoms. The third kappa shape index (κ3) is 2.10. The highest BCUT2D eigenvalue weighted by molar-refractivity contribution is 5.36. The fourth-order valence-electron chi connectivity index (χ4n) is 4.81. The lowest BCUT2D eigenvalue weighted by Crippen LogP contribution is -2.48. The molecule has 0 radical (unpaired) electrons. The summed E-state index contributed by atoms with van der Waals surface area (Å²) in [5.74, 6) is 1.87. The Kier molecular flexibility index (Phi) is 3.31. The average molecular weight is 271 g/mol. The lowest BCUT2D eigenvalue weighted by atomic mass is 9.74. The zero-order valence-corrected chi connectivity index (χ0v) is 12.2. The van der Waals surface area contributed by atoms with E-state index in [2.05, 4.69) is 29.2 Å². The zero-order valence-electron chi connectivity index (χ0n) is 12.2. The number of aliphatic hydroxyl groups is 1. The van der Waals surface area contributed by atoms with Crippen LogP contribution in [0.2, 0.25) is 0 Å². The van der Waals surface area contributed by atoms with Crippen molar-refractivity contribution in [1.82, 2.24) is 4.90 Å². The minimum absolute atomic E-state index is 0.272. The van der Waals surface area contributed by atoms with E-state index < -0.39 is 0 Å². The third-order valence-corrected chi connectivity index (χ3v) is 5.96. The van der Waals surface area contributed by atoms with Gasteiger partial charge in [-0.1, -0.05) is 43.5 Å². The van der Waals surface area contributed by atoms with Crippen LogP contribution in [0.5, 0.6) is 0 Å². The van der Waals surface area contributed by atoms with Crippen LogP contribution in [0.25, 0.3) is 0 Å². The number of fused-ring (bicyclic) bond motifs is 2. The first kappa shape index (κ1) is 12.8. The fraction of sp³-hybridized carbons (Fsp3) is 0.667. The second kappa shape index (κ2) is 5.16. The molecule has 2 aliphatic carbocycles. The van der Waals surface area contributed by atoms with Gasteiger partial charge >= 0.3 is 0 Å². The maximum absolute atomic E-state index is 10.6. The van der Waals surface area contributed by atoms with E-state index in [-0.39, 0.29) is 6.10 Å². The lowest BCUT2D eigenvalue weighted by molar-refractivity contribution is 0.00613. The Bertz CT molecular complexity index is 486. The summed E-state index contributed by atoms with van der Waals surface area (Å²) in [6, 6.07) is 8.77. The smallest absolute Gasteiger partial charge is 0.0951 e. The molecule has 2 fully saturated rings. The van der Waals surface area contributed by atoms with Crippen LogP contribution in [0.4, 0.5) is 0 Å². The highest BCUT2D eigenvalue weighted by atomic mass is 16.3. The number of nitrogens with zero attached hydrogens (tertiary/aromatic N) is 1. The molecule has 1 aromatic carbocycles. The SMILES string of the molecule is OC1c2ccccc2CC1N1CCC2CCCCC2C1. The van der Waals surface area contributed by atoms with Gasteiger partial charge in [-0.25, -0.2) is 0 Å². The maximum Gasteiger partial charge on any atom is 0.0951 e. The topological polar surface area (TPSA) is 23.5 Å². The largest absolute Gasteiger partial charge is 0.387 e. The Morgan fingerprint density at radius 1 is 1.00 bits per heavy atom. The number of piperidine rings is 1. The summed E-state index contributed by atoms with van der Waals surface area (Å²) in [6.45, 7) is 2.41. The summed E-state index contributed by atoms with van der Waals surface area (Å²) in [7, 11) is 0. The minimum Gasteiger partial charge on any atom is -0.387 e. The molecule has 1 heterocycles. The monoisotopic (exact) mass is 271 g/mol. The molecule has 20 heavy (non-hydrogen) atoms. The molecule has 108 valence electrons.